The Balaban J connectivity index is 1.60. The first-order valence-electron chi connectivity index (χ1n) is 10.0. The number of rotatable bonds is 7. The van der Waals surface area contributed by atoms with Crippen LogP contribution in [0.5, 0.6) is 0 Å². The van der Waals surface area contributed by atoms with Crippen molar-refractivity contribution in [3.63, 3.8) is 0 Å². The Hall–Kier alpha value is -2.68. The molecule has 0 unspecified atom stereocenters. The summed E-state index contributed by atoms with van der Waals surface area (Å²) in [4.78, 5) is 4.82. The van der Waals surface area contributed by atoms with Gasteiger partial charge in [-0.05, 0) is 52.8 Å². The molecule has 0 aliphatic carbocycles. The lowest BCUT2D eigenvalue weighted by atomic mass is 10.0. The maximum absolute atomic E-state index is 2.56. The molecule has 0 atom stereocenters. The van der Waals surface area contributed by atoms with E-state index in [-0.39, 0.29) is 0 Å². The molecule has 2 nitrogen and oxygen atoms in total. The van der Waals surface area contributed by atoms with Crippen molar-refractivity contribution in [2.75, 3.05) is 27.2 Å². The molecular formula is C26H28N2. The quantitative estimate of drug-likeness (QED) is 0.421. The van der Waals surface area contributed by atoms with Gasteiger partial charge >= 0.3 is 0 Å². The van der Waals surface area contributed by atoms with Crippen molar-refractivity contribution in [2.45, 2.75) is 13.1 Å². The minimum absolute atomic E-state index is 0.960. The summed E-state index contributed by atoms with van der Waals surface area (Å²) >= 11 is 0. The highest BCUT2D eigenvalue weighted by Gasteiger charge is 2.10. The van der Waals surface area contributed by atoms with Crippen LogP contribution in [0.25, 0.3) is 21.5 Å². The van der Waals surface area contributed by atoms with Gasteiger partial charge in [0.25, 0.3) is 0 Å². The zero-order chi connectivity index (χ0) is 19.3. The van der Waals surface area contributed by atoms with E-state index in [1.54, 1.807) is 0 Å². The molecule has 4 rings (SSSR count). The summed E-state index contributed by atoms with van der Waals surface area (Å²) in [7, 11) is 4.29. The van der Waals surface area contributed by atoms with Crippen molar-refractivity contribution >= 4 is 21.5 Å². The molecule has 0 heterocycles. The second kappa shape index (κ2) is 8.55. The first kappa shape index (κ1) is 18.7. The van der Waals surface area contributed by atoms with E-state index in [0.29, 0.717) is 0 Å². The van der Waals surface area contributed by atoms with Crippen molar-refractivity contribution in [1.29, 1.82) is 0 Å². The van der Waals surface area contributed by atoms with E-state index in [1.165, 1.54) is 32.7 Å². The first-order chi connectivity index (χ1) is 13.7. The lowest BCUT2D eigenvalue weighted by Crippen LogP contribution is -2.31. The fourth-order valence-electron chi connectivity index (χ4n) is 3.82. The molecule has 0 radical (unpaired) electrons. The van der Waals surface area contributed by atoms with Crippen LogP contribution in [0.2, 0.25) is 0 Å². The zero-order valence-corrected chi connectivity index (χ0v) is 16.8. The molecule has 0 spiro atoms. The normalized spacial score (nSPS) is 11.7. The number of fused-ring (bicyclic) bond motifs is 2. The Kier molecular flexibility index (Phi) is 5.70. The molecule has 0 bridgehead atoms. The number of hydrogen-bond acceptors (Lipinski definition) is 2. The van der Waals surface area contributed by atoms with Gasteiger partial charge < -0.3 is 4.90 Å². The molecule has 0 saturated heterocycles. The Bertz CT molecular complexity index is 1060. The molecule has 2 heteroatoms. The fourth-order valence-corrected chi connectivity index (χ4v) is 3.82. The molecule has 142 valence electrons. The lowest BCUT2D eigenvalue weighted by Gasteiger charge is -2.25. The first-order valence-corrected chi connectivity index (χ1v) is 10.0. The maximum atomic E-state index is 2.56. The molecule has 0 aromatic heterocycles. The Labute approximate surface area is 168 Å². The van der Waals surface area contributed by atoms with Crippen LogP contribution in [0.4, 0.5) is 0 Å². The Morgan fingerprint density at radius 3 is 2.14 bits per heavy atom. The molecule has 0 N–H and O–H groups in total. The van der Waals surface area contributed by atoms with E-state index in [2.05, 4.69) is 109 Å². The monoisotopic (exact) mass is 368 g/mol. The van der Waals surface area contributed by atoms with Crippen LogP contribution in [0.1, 0.15) is 11.1 Å². The molecule has 0 saturated carbocycles. The largest absolute Gasteiger partial charge is 0.308 e. The third-order valence-electron chi connectivity index (χ3n) is 5.36. The van der Waals surface area contributed by atoms with E-state index in [9.17, 15) is 0 Å². The van der Waals surface area contributed by atoms with E-state index < -0.39 is 0 Å². The van der Waals surface area contributed by atoms with Crippen molar-refractivity contribution in [3.05, 3.63) is 96.1 Å². The van der Waals surface area contributed by atoms with Crippen LogP contribution in [0, 0.1) is 0 Å². The molecule has 0 fully saturated rings. The smallest absolute Gasteiger partial charge is 0.0243 e. The number of benzene rings is 4. The van der Waals surface area contributed by atoms with Gasteiger partial charge in [0.2, 0.25) is 0 Å². The summed E-state index contributed by atoms with van der Waals surface area (Å²) in [6.07, 6.45) is 0. The van der Waals surface area contributed by atoms with E-state index in [1.807, 2.05) is 0 Å². The molecule has 28 heavy (non-hydrogen) atoms. The van der Waals surface area contributed by atoms with Crippen molar-refractivity contribution in [2.24, 2.45) is 0 Å². The molecule has 0 amide bonds. The van der Waals surface area contributed by atoms with Gasteiger partial charge in [0.05, 0.1) is 0 Å². The average Bonchev–Trinajstić information content (AvgIpc) is 2.72. The highest BCUT2D eigenvalue weighted by Crippen LogP contribution is 2.22. The second-order valence-corrected chi connectivity index (χ2v) is 7.83. The number of likely N-dealkylation sites (N-methyl/N-ethyl adjacent to an activating group) is 1. The van der Waals surface area contributed by atoms with Crippen LogP contribution in [-0.2, 0) is 13.1 Å². The predicted octanol–water partition coefficient (Wildman–Crippen LogP) is 5.56. The Morgan fingerprint density at radius 2 is 1.32 bits per heavy atom. The zero-order valence-electron chi connectivity index (χ0n) is 16.8. The van der Waals surface area contributed by atoms with Gasteiger partial charge in [-0.3, -0.25) is 4.90 Å². The summed E-state index contributed by atoms with van der Waals surface area (Å²) in [5.41, 5.74) is 2.77. The standard InChI is InChI=1S/C26H28N2/c1-27(2)16-17-28(19-21-14-15-22-8-3-4-10-24(22)18-21)20-25-12-7-11-23-9-5-6-13-26(23)25/h3-15,18H,16-17,19-20H2,1-2H3. The molecule has 0 aliphatic rings. The second-order valence-electron chi connectivity index (χ2n) is 7.83. The molecular weight excluding hydrogens is 340 g/mol. The summed E-state index contributed by atoms with van der Waals surface area (Å²) in [6.45, 7) is 4.02. The molecule has 4 aromatic rings. The van der Waals surface area contributed by atoms with Crippen LogP contribution in [0.15, 0.2) is 84.9 Å². The van der Waals surface area contributed by atoms with Gasteiger partial charge in [-0.15, -0.1) is 0 Å². The number of hydrogen-bond donors (Lipinski definition) is 0. The highest BCUT2D eigenvalue weighted by molar-refractivity contribution is 5.85. The predicted molar refractivity (Wildman–Crippen MR) is 121 cm³/mol. The molecule has 4 aromatic carbocycles. The van der Waals surface area contributed by atoms with Crippen LogP contribution in [0.3, 0.4) is 0 Å². The average molecular weight is 369 g/mol. The van der Waals surface area contributed by atoms with E-state index >= 15 is 0 Å². The number of nitrogens with zero attached hydrogens (tertiary/aromatic N) is 2. The lowest BCUT2D eigenvalue weighted by molar-refractivity contribution is 0.227. The van der Waals surface area contributed by atoms with Gasteiger partial charge in [0, 0.05) is 26.2 Å². The van der Waals surface area contributed by atoms with Gasteiger partial charge in [-0.25, -0.2) is 0 Å². The van der Waals surface area contributed by atoms with Crippen molar-refractivity contribution in [1.82, 2.24) is 9.80 Å². The van der Waals surface area contributed by atoms with Gasteiger partial charge in [-0.1, -0.05) is 78.9 Å². The van der Waals surface area contributed by atoms with Gasteiger partial charge in [-0.2, -0.15) is 0 Å². The summed E-state index contributed by atoms with van der Waals surface area (Å²) < 4.78 is 0. The van der Waals surface area contributed by atoms with Crippen LogP contribution < -0.4 is 0 Å². The summed E-state index contributed by atoms with van der Waals surface area (Å²) in [6, 6.07) is 30.8. The SMILES string of the molecule is CN(C)CCN(Cc1ccc2ccccc2c1)Cc1cccc2ccccc12. The van der Waals surface area contributed by atoms with E-state index in [4.69, 9.17) is 0 Å². The van der Waals surface area contributed by atoms with Gasteiger partial charge in [0.1, 0.15) is 0 Å². The third-order valence-corrected chi connectivity index (χ3v) is 5.36. The Morgan fingerprint density at radius 1 is 0.607 bits per heavy atom. The van der Waals surface area contributed by atoms with E-state index in [0.717, 1.165) is 26.2 Å². The summed E-state index contributed by atoms with van der Waals surface area (Å²) in [5.74, 6) is 0. The minimum atomic E-state index is 0.960. The van der Waals surface area contributed by atoms with Crippen molar-refractivity contribution < 1.29 is 0 Å². The maximum Gasteiger partial charge on any atom is 0.0243 e. The molecule has 0 aliphatic heterocycles. The topological polar surface area (TPSA) is 6.48 Å². The van der Waals surface area contributed by atoms with Crippen LogP contribution >= 0.6 is 0 Å². The highest BCUT2D eigenvalue weighted by atomic mass is 15.2. The summed E-state index contributed by atoms with van der Waals surface area (Å²) in [5, 5.41) is 5.30. The van der Waals surface area contributed by atoms with Crippen molar-refractivity contribution in [3.8, 4) is 0 Å². The van der Waals surface area contributed by atoms with Gasteiger partial charge in [0.15, 0.2) is 0 Å². The minimum Gasteiger partial charge on any atom is -0.308 e. The fraction of sp³-hybridized carbons (Fsp3) is 0.231. The van der Waals surface area contributed by atoms with Crippen LogP contribution in [-0.4, -0.2) is 37.0 Å². The third kappa shape index (κ3) is 4.41.